The van der Waals surface area contributed by atoms with Gasteiger partial charge in [-0.25, -0.2) is 14.4 Å². The molecule has 0 saturated heterocycles. The Bertz CT molecular complexity index is 983. The molecule has 2 rings (SSSR count). The predicted molar refractivity (Wildman–Crippen MR) is 112 cm³/mol. The largest absolute Gasteiger partial charge is 0.463 e. The number of rotatable bonds is 9. The highest BCUT2D eigenvalue weighted by atomic mass is 16.6. The molecule has 32 heavy (non-hydrogen) atoms. The van der Waals surface area contributed by atoms with Gasteiger partial charge in [0.25, 0.3) is 5.69 Å². The number of hydrogen-bond acceptors (Lipinski definition) is 9. The van der Waals surface area contributed by atoms with Crippen molar-refractivity contribution in [2.24, 2.45) is 5.73 Å². The second kappa shape index (κ2) is 10.9. The van der Waals surface area contributed by atoms with E-state index in [-0.39, 0.29) is 48.6 Å². The molecular formula is C21H25N3O8. The summed E-state index contributed by atoms with van der Waals surface area (Å²) < 4.78 is 15.2. The number of ether oxygens (including phenoxy) is 3. The van der Waals surface area contributed by atoms with Crippen LogP contribution in [0, 0.1) is 10.1 Å². The van der Waals surface area contributed by atoms with Crippen LogP contribution in [0.15, 0.2) is 46.8 Å². The third-order valence-electron chi connectivity index (χ3n) is 4.68. The van der Waals surface area contributed by atoms with E-state index in [1.165, 1.54) is 18.2 Å². The number of nitro groups is 1. The lowest BCUT2D eigenvalue weighted by Crippen LogP contribution is -2.34. The van der Waals surface area contributed by atoms with Crippen molar-refractivity contribution in [2.45, 2.75) is 33.1 Å². The van der Waals surface area contributed by atoms with Crippen molar-refractivity contribution >= 4 is 23.7 Å². The molecule has 1 unspecified atom stereocenters. The molecule has 0 radical (unpaired) electrons. The number of nitro benzene ring substituents is 1. The lowest BCUT2D eigenvalue weighted by Gasteiger charge is -2.31. The SMILES string of the molecule is CCOC(=O)C1=C(C)NC(CCOC(N)=O)=C(C(=O)OCC)C1c1ccccc1[N+](=O)[O-]. The molecule has 0 aliphatic carbocycles. The summed E-state index contributed by atoms with van der Waals surface area (Å²) in [6.45, 7) is 4.76. The number of para-hydroxylation sites is 1. The van der Waals surface area contributed by atoms with Crippen LogP contribution in [0.4, 0.5) is 10.5 Å². The van der Waals surface area contributed by atoms with Gasteiger partial charge in [-0.15, -0.1) is 0 Å². The lowest BCUT2D eigenvalue weighted by atomic mass is 9.79. The fraction of sp³-hybridized carbons (Fsp3) is 0.381. The summed E-state index contributed by atoms with van der Waals surface area (Å²) in [6, 6.07) is 5.81. The molecule has 11 heteroatoms. The Balaban J connectivity index is 2.75. The summed E-state index contributed by atoms with van der Waals surface area (Å²) >= 11 is 0. The molecule has 1 heterocycles. The number of carbonyl (C=O) groups is 3. The van der Waals surface area contributed by atoms with Gasteiger partial charge in [-0.2, -0.15) is 0 Å². The van der Waals surface area contributed by atoms with Crippen LogP contribution >= 0.6 is 0 Å². The third-order valence-corrected chi connectivity index (χ3v) is 4.68. The van der Waals surface area contributed by atoms with Gasteiger partial charge in [0.15, 0.2) is 0 Å². The van der Waals surface area contributed by atoms with Crippen molar-refractivity contribution in [3.8, 4) is 0 Å². The van der Waals surface area contributed by atoms with E-state index in [2.05, 4.69) is 5.32 Å². The molecule has 1 atom stereocenters. The van der Waals surface area contributed by atoms with E-state index in [9.17, 15) is 24.5 Å². The molecule has 1 amide bonds. The van der Waals surface area contributed by atoms with Crippen LogP contribution in [-0.4, -0.2) is 42.8 Å². The van der Waals surface area contributed by atoms with E-state index in [0.717, 1.165) is 0 Å². The first-order valence-electron chi connectivity index (χ1n) is 9.93. The van der Waals surface area contributed by atoms with Crippen molar-refractivity contribution in [3.05, 3.63) is 62.5 Å². The first-order valence-corrected chi connectivity index (χ1v) is 9.93. The van der Waals surface area contributed by atoms with Gasteiger partial charge in [0.1, 0.15) is 0 Å². The highest BCUT2D eigenvalue weighted by Gasteiger charge is 2.41. The summed E-state index contributed by atoms with van der Waals surface area (Å²) in [5.74, 6) is -2.64. The number of benzene rings is 1. The van der Waals surface area contributed by atoms with Gasteiger partial charge in [-0.05, 0) is 20.8 Å². The number of esters is 2. The number of nitrogens with two attached hydrogens (primary N) is 1. The normalized spacial score (nSPS) is 15.7. The van der Waals surface area contributed by atoms with Crippen molar-refractivity contribution in [1.82, 2.24) is 5.32 Å². The van der Waals surface area contributed by atoms with Gasteiger partial charge >= 0.3 is 18.0 Å². The molecule has 0 saturated carbocycles. The standard InChI is InChI=1S/C21H25N3O8/c1-4-30-19(25)16-12(3)23-14(10-11-32-21(22)27)18(20(26)31-5-2)17(16)13-8-6-7-9-15(13)24(28)29/h6-9,17,23H,4-5,10-11H2,1-3H3,(H2,22,27). The number of allylic oxidation sites excluding steroid dienone is 1. The van der Waals surface area contributed by atoms with E-state index in [1.54, 1.807) is 26.8 Å². The van der Waals surface area contributed by atoms with Gasteiger partial charge in [0.05, 0.1) is 41.8 Å². The number of carbonyl (C=O) groups excluding carboxylic acids is 3. The Morgan fingerprint density at radius 1 is 1.06 bits per heavy atom. The predicted octanol–water partition coefficient (Wildman–Crippen LogP) is 2.42. The summed E-state index contributed by atoms with van der Waals surface area (Å²) in [5, 5.41) is 14.7. The molecule has 0 aromatic heterocycles. The molecule has 3 N–H and O–H groups in total. The molecule has 172 valence electrons. The van der Waals surface area contributed by atoms with E-state index >= 15 is 0 Å². The quantitative estimate of drug-likeness (QED) is 0.251. The van der Waals surface area contributed by atoms with Crippen molar-refractivity contribution in [2.75, 3.05) is 19.8 Å². The smallest absolute Gasteiger partial charge is 0.404 e. The van der Waals surface area contributed by atoms with Crippen LogP contribution in [0.25, 0.3) is 0 Å². The van der Waals surface area contributed by atoms with Gasteiger partial charge in [0, 0.05) is 29.4 Å². The maximum absolute atomic E-state index is 13.0. The second-order valence-electron chi connectivity index (χ2n) is 6.66. The fourth-order valence-electron chi connectivity index (χ4n) is 3.49. The van der Waals surface area contributed by atoms with E-state index in [0.29, 0.717) is 11.4 Å². The lowest BCUT2D eigenvalue weighted by molar-refractivity contribution is -0.385. The number of amides is 1. The second-order valence-corrected chi connectivity index (χ2v) is 6.66. The number of nitrogens with zero attached hydrogens (tertiary/aromatic N) is 1. The highest BCUT2D eigenvalue weighted by Crippen LogP contribution is 2.43. The summed E-state index contributed by atoms with van der Waals surface area (Å²) in [7, 11) is 0. The Hall–Kier alpha value is -3.89. The van der Waals surface area contributed by atoms with Crippen molar-refractivity contribution in [3.63, 3.8) is 0 Å². The molecule has 0 spiro atoms. The molecular weight excluding hydrogens is 422 g/mol. The van der Waals surface area contributed by atoms with Crippen LogP contribution in [0.2, 0.25) is 0 Å². The zero-order valence-corrected chi connectivity index (χ0v) is 18.0. The summed E-state index contributed by atoms with van der Waals surface area (Å²) in [4.78, 5) is 48.0. The van der Waals surface area contributed by atoms with Crippen molar-refractivity contribution < 1.29 is 33.5 Å². The molecule has 0 bridgehead atoms. The Kier molecular flexibility index (Phi) is 8.33. The first kappa shape index (κ1) is 24.4. The van der Waals surface area contributed by atoms with Gasteiger partial charge < -0.3 is 25.3 Å². The van der Waals surface area contributed by atoms with E-state index in [4.69, 9.17) is 19.9 Å². The fourth-order valence-corrected chi connectivity index (χ4v) is 3.49. The Morgan fingerprint density at radius 3 is 2.22 bits per heavy atom. The van der Waals surface area contributed by atoms with Gasteiger partial charge in [-0.3, -0.25) is 10.1 Å². The van der Waals surface area contributed by atoms with E-state index in [1.807, 2.05) is 0 Å². The minimum atomic E-state index is -1.14. The molecule has 1 aliphatic rings. The topological polar surface area (TPSA) is 160 Å². The molecule has 1 aromatic carbocycles. The minimum absolute atomic E-state index is 0.0112. The minimum Gasteiger partial charge on any atom is -0.463 e. The first-order chi connectivity index (χ1) is 15.2. The maximum atomic E-state index is 13.0. The highest BCUT2D eigenvalue weighted by molar-refractivity contribution is 6.00. The molecule has 1 aliphatic heterocycles. The number of primary amides is 1. The zero-order chi connectivity index (χ0) is 23.8. The average Bonchev–Trinajstić information content (AvgIpc) is 2.73. The van der Waals surface area contributed by atoms with Crippen molar-refractivity contribution in [1.29, 1.82) is 0 Å². The molecule has 11 nitrogen and oxygen atoms in total. The number of nitrogens with one attached hydrogen (secondary N) is 1. The zero-order valence-electron chi connectivity index (χ0n) is 18.0. The number of dihydropyridines is 1. The maximum Gasteiger partial charge on any atom is 0.404 e. The van der Waals surface area contributed by atoms with Crippen LogP contribution in [0.3, 0.4) is 0 Å². The van der Waals surface area contributed by atoms with Crippen LogP contribution in [0.5, 0.6) is 0 Å². The Labute approximate surface area is 184 Å². The summed E-state index contributed by atoms with van der Waals surface area (Å²) in [6.07, 6.45) is -0.962. The van der Waals surface area contributed by atoms with Crippen LogP contribution in [-0.2, 0) is 23.8 Å². The van der Waals surface area contributed by atoms with Crippen LogP contribution < -0.4 is 11.1 Å². The van der Waals surface area contributed by atoms with Gasteiger partial charge in [0.2, 0.25) is 0 Å². The number of hydrogen-bond donors (Lipinski definition) is 2. The van der Waals surface area contributed by atoms with E-state index < -0.39 is 28.9 Å². The third kappa shape index (κ3) is 5.42. The Morgan fingerprint density at radius 2 is 1.66 bits per heavy atom. The van der Waals surface area contributed by atoms with Gasteiger partial charge in [-0.1, -0.05) is 18.2 Å². The average molecular weight is 447 g/mol. The molecule has 1 aromatic rings. The monoisotopic (exact) mass is 447 g/mol. The van der Waals surface area contributed by atoms with Crippen LogP contribution in [0.1, 0.15) is 38.7 Å². The summed E-state index contributed by atoms with van der Waals surface area (Å²) in [5.41, 5.74) is 5.52. The molecule has 0 fully saturated rings.